The van der Waals surface area contributed by atoms with E-state index in [9.17, 15) is 4.79 Å². The Morgan fingerprint density at radius 3 is 2.08 bits per heavy atom. The van der Waals surface area contributed by atoms with Gasteiger partial charge in [0.2, 0.25) is 0 Å². The van der Waals surface area contributed by atoms with E-state index in [1.807, 2.05) is 0 Å². The Hall–Kier alpha value is -0.0105. The van der Waals surface area contributed by atoms with Crippen LogP contribution in [0.2, 0.25) is 0 Å². The van der Waals surface area contributed by atoms with E-state index in [-0.39, 0.29) is 17.1 Å². The summed E-state index contributed by atoms with van der Waals surface area (Å²) in [6.07, 6.45) is 7.25. The van der Waals surface area contributed by atoms with Crippen LogP contribution in [-0.2, 0) is 21.9 Å². The quantitative estimate of drug-likeness (QED) is 0.522. The van der Waals surface area contributed by atoms with E-state index in [2.05, 4.69) is 6.92 Å². The standard InChI is InChI=1S/C9H18O2.Fe/c1-2-3-4-5-6-7-8-9(10)11;/h2-8H2,1H3,(H,10,11);. The second kappa shape index (κ2) is 11.0. The molecule has 74 valence electrons. The zero-order valence-electron chi connectivity index (χ0n) is 7.66. The van der Waals surface area contributed by atoms with Crippen molar-refractivity contribution in [3.05, 3.63) is 0 Å². The average molecular weight is 214 g/mol. The molecule has 0 aliphatic rings. The molecule has 0 aliphatic carbocycles. The van der Waals surface area contributed by atoms with E-state index < -0.39 is 5.97 Å². The van der Waals surface area contributed by atoms with Gasteiger partial charge in [-0.3, -0.25) is 4.79 Å². The maximum absolute atomic E-state index is 10.1. The van der Waals surface area contributed by atoms with Gasteiger partial charge < -0.3 is 5.11 Å². The van der Waals surface area contributed by atoms with E-state index >= 15 is 0 Å². The first-order valence-corrected chi connectivity index (χ1v) is 4.49. The van der Waals surface area contributed by atoms with Crippen molar-refractivity contribution in [2.75, 3.05) is 0 Å². The molecular weight excluding hydrogens is 196 g/mol. The minimum atomic E-state index is -0.666. The van der Waals surface area contributed by atoms with Crippen LogP contribution in [-0.4, -0.2) is 11.1 Å². The molecule has 0 atom stereocenters. The van der Waals surface area contributed by atoms with Gasteiger partial charge in [-0.15, -0.1) is 0 Å². The number of rotatable bonds is 7. The van der Waals surface area contributed by atoms with Gasteiger partial charge in [0.05, 0.1) is 0 Å². The zero-order valence-corrected chi connectivity index (χ0v) is 8.76. The first-order valence-electron chi connectivity index (χ1n) is 4.49. The fourth-order valence-electron chi connectivity index (χ4n) is 1.06. The molecule has 0 rings (SSSR count). The number of hydrogen-bond acceptors (Lipinski definition) is 1. The van der Waals surface area contributed by atoms with Crippen LogP contribution in [0.4, 0.5) is 0 Å². The largest absolute Gasteiger partial charge is 0.481 e. The average Bonchev–Trinajstić information content (AvgIpc) is 1.96. The molecule has 0 bridgehead atoms. The van der Waals surface area contributed by atoms with E-state index in [1.54, 1.807) is 0 Å². The van der Waals surface area contributed by atoms with E-state index in [0.29, 0.717) is 6.42 Å². The molecule has 0 aromatic heterocycles. The number of aliphatic carboxylic acids is 1. The summed E-state index contributed by atoms with van der Waals surface area (Å²) >= 11 is 0. The molecular formula is C9H18FeO2. The Labute approximate surface area is 85.2 Å². The Morgan fingerprint density at radius 2 is 1.58 bits per heavy atom. The molecule has 0 radical (unpaired) electrons. The molecule has 0 amide bonds. The monoisotopic (exact) mass is 214 g/mol. The summed E-state index contributed by atoms with van der Waals surface area (Å²) in [7, 11) is 0. The first kappa shape index (κ1) is 14.5. The number of carboxylic acids is 1. The van der Waals surface area contributed by atoms with Gasteiger partial charge in [0.25, 0.3) is 0 Å². The van der Waals surface area contributed by atoms with Gasteiger partial charge >= 0.3 is 5.97 Å². The van der Waals surface area contributed by atoms with Crippen LogP contribution in [0.3, 0.4) is 0 Å². The third-order valence-corrected chi connectivity index (χ3v) is 1.74. The zero-order chi connectivity index (χ0) is 8.53. The Balaban J connectivity index is 0. The molecule has 0 fully saturated rings. The third kappa shape index (κ3) is 12.6. The van der Waals surface area contributed by atoms with Gasteiger partial charge in [-0.25, -0.2) is 0 Å². The predicted octanol–water partition coefficient (Wildman–Crippen LogP) is 2.82. The Bertz CT molecular complexity index is 105. The smallest absolute Gasteiger partial charge is 0.303 e. The van der Waals surface area contributed by atoms with Gasteiger partial charge in [-0.1, -0.05) is 39.0 Å². The molecule has 0 aromatic rings. The summed E-state index contributed by atoms with van der Waals surface area (Å²) < 4.78 is 0. The van der Waals surface area contributed by atoms with Crippen LogP contribution in [0.5, 0.6) is 0 Å². The molecule has 3 heteroatoms. The number of carbonyl (C=O) groups is 1. The van der Waals surface area contributed by atoms with E-state index in [1.165, 1.54) is 25.7 Å². The summed E-state index contributed by atoms with van der Waals surface area (Å²) in [4.78, 5) is 10.1. The molecule has 2 nitrogen and oxygen atoms in total. The molecule has 0 saturated heterocycles. The van der Waals surface area contributed by atoms with Gasteiger partial charge in [-0.05, 0) is 6.42 Å². The normalized spacial score (nSPS) is 9.08. The third-order valence-electron chi connectivity index (χ3n) is 1.74. The number of hydrogen-bond donors (Lipinski definition) is 1. The second-order valence-electron chi connectivity index (χ2n) is 2.91. The first-order chi connectivity index (χ1) is 5.27. The minimum absolute atomic E-state index is 0. The van der Waals surface area contributed by atoms with Crippen molar-refractivity contribution in [2.45, 2.75) is 51.9 Å². The molecule has 0 aromatic carbocycles. The molecule has 0 heterocycles. The summed E-state index contributed by atoms with van der Waals surface area (Å²) in [5, 5.41) is 8.32. The fraction of sp³-hybridized carbons (Fsp3) is 0.889. The molecule has 1 N–H and O–H groups in total. The summed E-state index contributed by atoms with van der Waals surface area (Å²) in [6.45, 7) is 2.18. The van der Waals surface area contributed by atoms with Crippen LogP contribution >= 0.6 is 0 Å². The summed E-state index contributed by atoms with van der Waals surface area (Å²) in [5.74, 6) is -0.666. The maximum atomic E-state index is 10.1. The van der Waals surface area contributed by atoms with Gasteiger partial charge in [0, 0.05) is 23.5 Å². The Kier molecular flexibility index (Phi) is 13.3. The van der Waals surface area contributed by atoms with Gasteiger partial charge in [-0.2, -0.15) is 0 Å². The van der Waals surface area contributed by atoms with Gasteiger partial charge in [0.15, 0.2) is 0 Å². The second-order valence-corrected chi connectivity index (χ2v) is 2.91. The van der Waals surface area contributed by atoms with Crippen molar-refractivity contribution in [1.29, 1.82) is 0 Å². The molecule has 0 aliphatic heterocycles. The fourth-order valence-corrected chi connectivity index (χ4v) is 1.06. The van der Waals surface area contributed by atoms with Crippen molar-refractivity contribution < 1.29 is 27.0 Å². The van der Waals surface area contributed by atoms with Crippen molar-refractivity contribution in [1.82, 2.24) is 0 Å². The summed E-state index contributed by atoms with van der Waals surface area (Å²) in [5.41, 5.74) is 0. The maximum Gasteiger partial charge on any atom is 0.303 e. The minimum Gasteiger partial charge on any atom is -0.481 e. The van der Waals surface area contributed by atoms with Crippen molar-refractivity contribution in [2.24, 2.45) is 0 Å². The van der Waals surface area contributed by atoms with Crippen molar-refractivity contribution >= 4 is 5.97 Å². The molecule has 0 unspecified atom stereocenters. The number of carboxylic acid groups (broad SMARTS) is 1. The van der Waals surface area contributed by atoms with Crippen molar-refractivity contribution in [3.8, 4) is 0 Å². The molecule has 0 saturated carbocycles. The van der Waals surface area contributed by atoms with Crippen LogP contribution in [0.1, 0.15) is 51.9 Å². The molecule has 12 heavy (non-hydrogen) atoms. The van der Waals surface area contributed by atoms with Crippen molar-refractivity contribution in [3.63, 3.8) is 0 Å². The van der Waals surface area contributed by atoms with E-state index in [4.69, 9.17) is 5.11 Å². The molecule has 0 spiro atoms. The van der Waals surface area contributed by atoms with Crippen LogP contribution in [0.15, 0.2) is 0 Å². The van der Waals surface area contributed by atoms with Gasteiger partial charge in [0.1, 0.15) is 0 Å². The predicted molar refractivity (Wildman–Crippen MR) is 45.6 cm³/mol. The topological polar surface area (TPSA) is 37.3 Å². The van der Waals surface area contributed by atoms with E-state index in [0.717, 1.165) is 12.8 Å². The van der Waals surface area contributed by atoms with Crippen LogP contribution in [0, 0.1) is 0 Å². The Morgan fingerprint density at radius 1 is 1.08 bits per heavy atom. The van der Waals surface area contributed by atoms with Crippen LogP contribution in [0.25, 0.3) is 0 Å². The SMILES string of the molecule is CCCCCCCCC(=O)O.[Fe]. The summed E-state index contributed by atoms with van der Waals surface area (Å²) in [6, 6.07) is 0. The number of unbranched alkanes of at least 4 members (excludes halogenated alkanes) is 5. The van der Waals surface area contributed by atoms with Crippen LogP contribution < -0.4 is 0 Å².